The first-order valence-electron chi connectivity index (χ1n) is 10.3. The third-order valence-electron chi connectivity index (χ3n) is 4.42. The minimum atomic E-state index is -0.942. The molecule has 0 aliphatic heterocycles. The van der Waals surface area contributed by atoms with E-state index in [1.165, 1.54) is 0 Å². The zero-order chi connectivity index (χ0) is 22.8. The van der Waals surface area contributed by atoms with Gasteiger partial charge in [0.05, 0.1) is 26.2 Å². The van der Waals surface area contributed by atoms with Gasteiger partial charge in [0.2, 0.25) is 5.91 Å². The lowest BCUT2D eigenvalue weighted by atomic mass is 10.3. The second-order valence-corrected chi connectivity index (χ2v) is 6.93. The molecule has 0 saturated heterocycles. The van der Waals surface area contributed by atoms with Crippen molar-refractivity contribution < 1.29 is 29.4 Å². The number of hydrogen-bond donors (Lipinski definition) is 4. The molecule has 0 rings (SSSR count). The monoisotopic (exact) mass is 431 g/mol. The molecule has 0 heterocycles. The molecule has 4 N–H and O–H groups in total. The molecule has 0 aromatic heterocycles. The van der Waals surface area contributed by atoms with Crippen LogP contribution in [-0.2, 0) is 19.2 Å². The number of amides is 1. The van der Waals surface area contributed by atoms with E-state index in [0.717, 1.165) is 12.7 Å². The second kappa shape index (κ2) is 17.8. The van der Waals surface area contributed by atoms with Crippen LogP contribution in [0.1, 0.15) is 20.3 Å². The molecular weight excluding hydrogens is 394 g/mol. The van der Waals surface area contributed by atoms with E-state index in [-0.39, 0.29) is 32.1 Å². The van der Waals surface area contributed by atoms with Gasteiger partial charge in [0, 0.05) is 45.8 Å². The minimum absolute atomic E-state index is 0.0567. The van der Waals surface area contributed by atoms with Gasteiger partial charge in [0.15, 0.2) is 0 Å². The number of carboxylic acids is 2. The van der Waals surface area contributed by atoms with Crippen molar-refractivity contribution in [1.82, 2.24) is 25.3 Å². The number of carbonyl (C=O) groups excluding carboxylic acids is 2. The third kappa shape index (κ3) is 15.8. The van der Waals surface area contributed by atoms with Crippen molar-refractivity contribution in [2.75, 3.05) is 78.5 Å². The molecule has 0 fully saturated rings. The Morgan fingerprint density at radius 2 is 1.47 bits per heavy atom. The Bertz CT molecular complexity index is 520. The molecule has 0 aromatic carbocycles. The highest BCUT2D eigenvalue weighted by Gasteiger charge is 2.15. The Morgan fingerprint density at radius 3 is 2.00 bits per heavy atom. The van der Waals surface area contributed by atoms with Gasteiger partial charge in [0.25, 0.3) is 0 Å². The van der Waals surface area contributed by atoms with E-state index in [2.05, 4.69) is 10.6 Å². The molecule has 0 radical (unpaired) electrons. The van der Waals surface area contributed by atoms with Crippen molar-refractivity contribution in [2.45, 2.75) is 20.3 Å². The summed E-state index contributed by atoms with van der Waals surface area (Å²) in [4.78, 5) is 50.3. The summed E-state index contributed by atoms with van der Waals surface area (Å²) in [5.41, 5.74) is 0. The molecule has 11 heteroatoms. The average molecular weight is 432 g/mol. The molecule has 11 nitrogen and oxygen atoms in total. The SMILES string of the molecule is CCCNC(=O)CN(CCN(CC=O)CCNCC(=O)O)CCN(CC)CC(=O)O. The summed E-state index contributed by atoms with van der Waals surface area (Å²) in [6, 6.07) is 0. The van der Waals surface area contributed by atoms with E-state index < -0.39 is 11.9 Å². The molecule has 0 aliphatic carbocycles. The van der Waals surface area contributed by atoms with Crippen molar-refractivity contribution in [2.24, 2.45) is 0 Å². The Kier molecular flexibility index (Phi) is 16.5. The molecule has 1 amide bonds. The molecule has 0 bridgehead atoms. The van der Waals surface area contributed by atoms with Crippen LogP contribution in [0.15, 0.2) is 0 Å². The number of aliphatic carboxylic acids is 2. The van der Waals surface area contributed by atoms with Crippen LogP contribution < -0.4 is 10.6 Å². The van der Waals surface area contributed by atoms with Crippen LogP contribution in [0.5, 0.6) is 0 Å². The van der Waals surface area contributed by atoms with Gasteiger partial charge < -0.3 is 25.6 Å². The molecule has 30 heavy (non-hydrogen) atoms. The number of rotatable bonds is 20. The summed E-state index contributed by atoms with van der Waals surface area (Å²) >= 11 is 0. The molecular formula is C19H37N5O6. The maximum atomic E-state index is 12.2. The van der Waals surface area contributed by atoms with Crippen molar-refractivity contribution >= 4 is 24.1 Å². The summed E-state index contributed by atoms with van der Waals surface area (Å²) in [7, 11) is 0. The largest absolute Gasteiger partial charge is 0.480 e. The fraction of sp³-hybridized carbons (Fsp3) is 0.789. The van der Waals surface area contributed by atoms with Gasteiger partial charge in [-0.1, -0.05) is 13.8 Å². The van der Waals surface area contributed by atoms with E-state index in [1.807, 2.05) is 23.6 Å². The standard InChI is InChI=1S/C19H37N5O6/c1-3-5-21-17(26)15-24(10-8-22(4-2)16-19(29)30)11-9-23(12-13-25)7-6-20-14-18(27)28/h13,20H,3-12,14-16H2,1-2H3,(H,21,26)(H,27,28)(H,29,30). The maximum absolute atomic E-state index is 12.2. The smallest absolute Gasteiger partial charge is 0.317 e. The van der Waals surface area contributed by atoms with Gasteiger partial charge in [-0.15, -0.1) is 0 Å². The summed E-state index contributed by atoms with van der Waals surface area (Å²) < 4.78 is 0. The van der Waals surface area contributed by atoms with Gasteiger partial charge in [-0.05, 0) is 13.0 Å². The number of likely N-dealkylation sites (N-methyl/N-ethyl adjacent to an activating group) is 1. The maximum Gasteiger partial charge on any atom is 0.317 e. The lowest BCUT2D eigenvalue weighted by Gasteiger charge is -2.28. The average Bonchev–Trinajstić information content (AvgIpc) is 2.69. The summed E-state index contributed by atoms with van der Waals surface area (Å²) in [5.74, 6) is -1.93. The van der Waals surface area contributed by atoms with E-state index in [4.69, 9.17) is 10.2 Å². The van der Waals surface area contributed by atoms with E-state index in [0.29, 0.717) is 52.4 Å². The molecule has 0 aromatic rings. The summed E-state index contributed by atoms with van der Waals surface area (Å²) in [6.07, 6.45) is 1.63. The minimum Gasteiger partial charge on any atom is -0.480 e. The number of carboxylic acid groups (broad SMARTS) is 2. The predicted molar refractivity (Wildman–Crippen MR) is 113 cm³/mol. The topological polar surface area (TPSA) is 143 Å². The molecule has 174 valence electrons. The number of nitrogens with one attached hydrogen (secondary N) is 2. The van der Waals surface area contributed by atoms with Crippen molar-refractivity contribution in [1.29, 1.82) is 0 Å². The van der Waals surface area contributed by atoms with Crippen molar-refractivity contribution in [3.05, 3.63) is 0 Å². The van der Waals surface area contributed by atoms with Crippen LogP contribution >= 0.6 is 0 Å². The lowest BCUT2D eigenvalue weighted by Crippen LogP contribution is -2.46. The van der Waals surface area contributed by atoms with E-state index in [1.54, 1.807) is 4.90 Å². The summed E-state index contributed by atoms with van der Waals surface area (Å²) in [5, 5.41) is 23.3. The van der Waals surface area contributed by atoms with Crippen LogP contribution in [0.4, 0.5) is 0 Å². The lowest BCUT2D eigenvalue weighted by molar-refractivity contribution is -0.138. The van der Waals surface area contributed by atoms with Crippen LogP contribution in [0, 0.1) is 0 Å². The number of aldehydes is 1. The van der Waals surface area contributed by atoms with Gasteiger partial charge >= 0.3 is 11.9 Å². The number of carbonyl (C=O) groups is 4. The molecule has 0 saturated carbocycles. The Hall–Kier alpha value is -2.08. The quantitative estimate of drug-likeness (QED) is 0.131. The Balaban J connectivity index is 4.75. The summed E-state index contributed by atoms with van der Waals surface area (Å²) in [6.45, 7) is 8.27. The third-order valence-corrected chi connectivity index (χ3v) is 4.42. The van der Waals surface area contributed by atoms with Gasteiger partial charge in [-0.25, -0.2) is 0 Å². The van der Waals surface area contributed by atoms with E-state index >= 15 is 0 Å². The highest BCUT2D eigenvalue weighted by Crippen LogP contribution is 1.96. The van der Waals surface area contributed by atoms with Crippen LogP contribution in [-0.4, -0.2) is 128 Å². The van der Waals surface area contributed by atoms with Gasteiger partial charge in [-0.3, -0.25) is 29.1 Å². The first-order chi connectivity index (χ1) is 14.3. The fourth-order valence-electron chi connectivity index (χ4n) is 2.73. The van der Waals surface area contributed by atoms with Gasteiger partial charge in [-0.2, -0.15) is 0 Å². The predicted octanol–water partition coefficient (Wildman–Crippen LogP) is -1.60. The highest BCUT2D eigenvalue weighted by molar-refractivity contribution is 5.78. The van der Waals surface area contributed by atoms with Crippen molar-refractivity contribution in [3.8, 4) is 0 Å². The Labute approximate surface area is 178 Å². The zero-order valence-electron chi connectivity index (χ0n) is 18.1. The normalized spacial score (nSPS) is 11.2. The molecule has 0 aliphatic rings. The second-order valence-electron chi connectivity index (χ2n) is 6.93. The van der Waals surface area contributed by atoms with Crippen LogP contribution in [0.2, 0.25) is 0 Å². The zero-order valence-corrected chi connectivity index (χ0v) is 18.1. The first kappa shape index (κ1) is 27.9. The van der Waals surface area contributed by atoms with Crippen LogP contribution in [0.25, 0.3) is 0 Å². The molecule has 0 unspecified atom stereocenters. The highest BCUT2D eigenvalue weighted by atomic mass is 16.4. The van der Waals surface area contributed by atoms with Gasteiger partial charge in [0.1, 0.15) is 6.29 Å². The van der Waals surface area contributed by atoms with Crippen molar-refractivity contribution in [3.63, 3.8) is 0 Å². The number of hydrogen-bond acceptors (Lipinski definition) is 8. The van der Waals surface area contributed by atoms with Crippen LogP contribution in [0.3, 0.4) is 0 Å². The number of nitrogens with zero attached hydrogens (tertiary/aromatic N) is 3. The first-order valence-corrected chi connectivity index (χ1v) is 10.3. The molecule has 0 spiro atoms. The fourth-order valence-corrected chi connectivity index (χ4v) is 2.73. The van der Waals surface area contributed by atoms with E-state index in [9.17, 15) is 19.2 Å². The molecule has 0 atom stereocenters. The Morgan fingerprint density at radius 1 is 0.833 bits per heavy atom.